The zero-order valence-electron chi connectivity index (χ0n) is 10.8. The molecule has 0 saturated heterocycles. The lowest BCUT2D eigenvalue weighted by Gasteiger charge is -2.17. The van der Waals surface area contributed by atoms with Crippen LogP contribution in [0.15, 0.2) is 18.2 Å². The Kier molecular flexibility index (Phi) is 4.49. The summed E-state index contributed by atoms with van der Waals surface area (Å²) >= 11 is 0. The zero-order valence-corrected chi connectivity index (χ0v) is 10.8. The van der Waals surface area contributed by atoms with Crippen molar-refractivity contribution in [3.05, 3.63) is 33.9 Å². The molecule has 0 heterocycles. The van der Waals surface area contributed by atoms with Crippen molar-refractivity contribution in [2.45, 2.75) is 44.6 Å². The van der Waals surface area contributed by atoms with Crippen molar-refractivity contribution in [3.63, 3.8) is 0 Å². The molecule has 1 aromatic rings. The highest BCUT2D eigenvalue weighted by atomic mass is 16.6. The smallest absolute Gasteiger partial charge is 0.293 e. The number of carbonyl (C=O) groups is 1. The quantitative estimate of drug-likeness (QED) is 0.390. The second-order valence-corrected chi connectivity index (χ2v) is 4.98. The third-order valence-corrected chi connectivity index (χ3v) is 3.57. The molecule has 2 rings (SSSR count). The van der Waals surface area contributed by atoms with Crippen LogP contribution >= 0.6 is 0 Å². The van der Waals surface area contributed by atoms with Crippen LogP contribution in [0.4, 0.5) is 11.4 Å². The third kappa shape index (κ3) is 3.53. The highest BCUT2D eigenvalue weighted by Gasteiger charge is 2.18. The minimum atomic E-state index is -0.438. The molecule has 1 fully saturated rings. The largest absolute Gasteiger partial charge is 0.377 e. The van der Waals surface area contributed by atoms with E-state index in [0.717, 1.165) is 25.7 Å². The topological polar surface area (TPSA) is 72.2 Å². The molecule has 5 heteroatoms. The number of nitro benzene ring substituents is 1. The summed E-state index contributed by atoms with van der Waals surface area (Å²) in [5.41, 5.74) is 0.828. The molecule has 0 spiro atoms. The van der Waals surface area contributed by atoms with Gasteiger partial charge < -0.3 is 5.32 Å². The summed E-state index contributed by atoms with van der Waals surface area (Å²) in [5.74, 6) is 0. The van der Waals surface area contributed by atoms with Crippen LogP contribution in [0.25, 0.3) is 0 Å². The normalized spacial score (nSPS) is 16.6. The van der Waals surface area contributed by atoms with Crippen molar-refractivity contribution in [2.24, 2.45) is 0 Å². The Morgan fingerprint density at radius 2 is 1.89 bits per heavy atom. The van der Waals surface area contributed by atoms with E-state index in [0.29, 0.717) is 23.6 Å². The van der Waals surface area contributed by atoms with E-state index in [1.807, 2.05) is 0 Å². The van der Waals surface area contributed by atoms with Gasteiger partial charge in [0.1, 0.15) is 12.0 Å². The van der Waals surface area contributed by atoms with E-state index in [-0.39, 0.29) is 5.69 Å². The number of nitrogens with zero attached hydrogens (tertiary/aromatic N) is 1. The first kappa shape index (κ1) is 13.5. The lowest BCUT2D eigenvalue weighted by molar-refractivity contribution is -0.384. The Bertz CT molecular complexity index is 466. The number of benzene rings is 1. The molecule has 0 aliphatic heterocycles. The molecular formula is C14H18N2O3. The van der Waals surface area contributed by atoms with Crippen molar-refractivity contribution in [3.8, 4) is 0 Å². The van der Waals surface area contributed by atoms with Crippen molar-refractivity contribution in [1.29, 1.82) is 0 Å². The van der Waals surface area contributed by atoms with Crippen LogP contribution in [0.1, 0.15) is 48.9 Å². The van der Waals surface area contributed by atoms with Gasteiger partial charge in [0, 0.05) is 17.7 Å². The fourth-order valence-electron chi connectivity index (χ4n) is 2.54. The van der Waals surface area contributed by atoms with Gasteiger partial charge in [-0.05, 0) is 25.0 Å². The van der Waals surface area contributed by atoms with Crippen molar-refractivity contribution < 1.29 is 9.72 Å². The molecule has 0 bridgehead atoms. The minimum absolute atomic E-state index is 0.0196. The molecule has 0 atom stereocenters. The molecule has 0 unspecified atom stereocenters. The summed E-state index contributed by atoms with van der Waals surface area (Å²) in [7, 11) is 0. The average molecular weight is 262 g/mol. The first-order valence-corrected chi connectivity index (χ1v) is 6.71. The first-order chi connectivity index (χ1) is 9.20. The highest BCUT2D eigenvalue weighted by Crippen LogP contribution is 2.28. The molecule has 1 N–H and O–H groups in total. The lowest BCUT2D eigenvalue weighted by Crippen LogP contribution is -2.19. The molecule has 1 aliphatic carbocycles. The molecule has 0 amide bonds. The van der Waals surface area contributed by atoms with Gasteiger partial charge in [-0.2, -0.15) is 0 Å². The average Bonchev–Trinajstić information content (AvgIpc) is 2.67. The van der Waals surface area contributed by atoms with Crippen LogP contribution in [-0.2, 0) is 0 Å². The maximum absolute atomic E-state index is 11.0. The van der Waals surface area contributed by atoms with Gasteiger partial charge in [0.25, 0.3) is 5.69 Å². The fourth-order valence-corrected chi connectivity index (χ4v) is 2.54. The summed E-state index contributed by atoms with van der Waals surface area (Å²) in [5, 5.41) is 14.3. The van der Waals surface area contributed by atoms with Gasteiger partial charge in [-0.1, -0.05) is 25.7 Å². The summed E-state index contributed by atoms with van der Waals surface area (Å²) in [4.78, 5) is 21.3. The van der Waals surface area contributed by atoms with E-state index in [2.05, 4.69) is 5.32 Å². The predicted octanol–water partition coefficient (Wildman–Crippen LogP) is 3.54. The van der Waals surface area contributed by atoms with Gasteiger partial charge in [-0.3, -0.25) is 14.9 Å². The number of aldehydes is 1. The number of anilines is 1. The number of hydrogen-bond acceptors (Lipinski definition) is 4. The predicted molar refractivity (Wildman–Crippen MR) is 73.6 cm³/mol. The van der Waals surface area contributed by atoms with Gasteiger partial charge in [-0.15, -0.1) is 0 Å². The summed E-state index contributed by atoms with van der Waals surface area (Å²) in [6.07, 6.45) is 7.53. The van der Waals surface area contributed by atoms with Gasteiger partial charge in [0.15, 0.2) is 0 Å². The van der Waals surface area contributed by atoms with Crippen LogP contribution in [-0.4, -0.2) is 17.3 Å². The third-order valence-electron chi connectivity index (χ3n) is 3.57. The SMILES string of the molecule is O=Cc1ccc(NC2CCCCCC2)c([N+](=O)[O-])c1. The Labute approximate surface area is 112 Å². The lowest BCUT2D eigenvalue weighted by atomic mass is 10.1. The van der Waals surface area contributed by atoms with Crippen LogP contribution in [0.3, 0.4) is 0 Å². The Balaban J connectivity index is 2.18. The Morgan fingerprint density at radius 3 is 2.47 bits per heavy atom. The molecule has 5 nitrogen and oxygen atoms in total. The van der Waals surface area contributed by atoms with Gasteiger partial charge in [0.05, 0.1) is 4.92 Å². The van der Waals surface area contributed by atoms with Crippen LogP contribution < -0.4 is 5.32 Å². The number of nitrogens with one attached hydrogen (secondary N) is 1. The van der Waals surface area contributed by atoms with Crippen molar-refractivity contribution >= 4 is 17.7 Å². The monoisotopic (exact) mass is 262 g/mol. The van der Waals surface area contributed by atoms with E-state index in [1.54, 1.807) is 12.1 Å². The second-order valence-electron chi connectivity index (χ2n) is 4.98. The molecule has 0 aromatic heterocycles. The summed E-state index contributed by atoms with van der Waals surface area (Å²) < 4.78 is 0. The molecule has 1 aliphatic rings. The van der Waals surface area contributed by atoms with Crippen LogP contribution in [0.2, 0.25) is 0 Å². The highest BCUT2D eigenvalue weighted by molar-refractivity contribution is 5.79. The van der Waals surface area contributed by atoms with E-state index in [4.69, 9.17) is 0 Å². The fraction of sp³-hybridized carbons (Fsp3) is 0.500. The Morgan fingerprint density at radius 1 is 1.21 bits per heavy atom. The maximum atomic E-state index is 11.0. The number of hydrogen-bond donors (Lipinski definition) is 1. The van der Waals surface area contributed by atoms with Crippen molar-refractivity contribution in [1.82, 2.24) is 0 Å². The van der Waals surface area contributed by atoms with Gasteiger partial charge in [-0.25, -0.2) is 0 Å². The second kappa shape index (κ2) is 6.31. The van der Waals surface area contributed by atoms with E-state index < -0.39 is 4.92 Å². The van der Waals surface area contributed by atoms with E-state index in [1.165, 1.54) is 18.9 Å². The molecule has 1 saturated carbocycles. The standard InChI is InChI=1S/C14H18N2O3/c17-10-11-7-8-13(14(9-11)16(18)19)15-12-5-3-1-2-4-6-12/h7-10,12,15H,1-6H2. The molecule has 19 heavy (non-hydrogen) atoms. The van der Waals surface area contributed by atoms with Crippen molar-refractivity contribution in [2.75, 3.05) is 5.32 Å². The number of nitro groups is 1. The molecule has 0 radical (unpaired) electrons. The maximum Gasteiger partial charge on any atom is 0.293 e. The summed E-state index contributed by atoms with van der Waals surface area (Å²) in [6, 6.07) is 4.86. The minimum Gasteiger partial charge on any atom is -0.377 e. The van der Waals surface area contributed by atoms with Gasteiger partial charge in [0.2, 0.25) is 0 Å². The first-order valence-electron chi connectivity index (χ1n) is 6.71. The zero-order chi connectivity index (χ0) is 13.7. The van der Waals surface area contributed by atoms with Crippen LogP contribution in [0.5, 0.6) is 0 Å². The molecular weight excluding hydrogens is 244 g/mol. The molecule has 102 valence electrons. The number of carbonyl (C=O) groups excluding carboxylic acids is 1. The summed E-state index contributed by atoms with van der Waals surface area (Å²) in [6.45, 7) is 0. The van der Waals surface area contributed by atoms with E-state index in [9.17, 15) is 14.9 Å². The molecule has 1 aromatic carbocycles. The van der Waals surface area contributed by atoms with Gasteiger partial charge >= 0.3 is 0 Å². The van der Waals surface area contributed by atoms with E-state index >= 15 is 0 Å². The van der Waals surface area contributed by atoms with Crippen LogP contribution in [0, 0.1) is 10.1 Å². The number of rotatable bonds is 4. The Hall–Kier alpha value is -1.91.